The van der Waals surface area contributed by atoms with Crippen molar-refractivity contribution in [2.24, 2.45) is 11.8 Å². The second-order valence-corrected chi connectivity index (χ2v) is 8.42. The Bertz CT molecular complexity index is 715. The normalized spacial score (nSPS) is 25.0. The van der Waals surface area contributed by atoms with E-state index in [1.54, 1.807) is 4.90 Å². The maximum absolute atomic E-state index is 12.8. The Balaban J connectivity index is 1.66. The highest BCUT2D eigenvalue weighted by Crippen LogP contribution is 2.47. The fourth-order valence-corrected chi connectivity index (χ4v) is 3.49. The smallest absolute Gasteiger partial charge is 0.418 e. The summed E-state index contributed by atoms with van der Waals surface area (Å²) in [5, 5.41) is 0. The largest absolute Gasteiger partial charge is 0.475 e. The number of nitrogens with zero attached hydrogens (tertiary/aromatic N) is 2. The van der Waals surface area contributed by atoms with Gasteiger partial charge in [0.1, 0.15) is 12.2 Å². The number of halogens is 3. The summed E-state index contributed by atoms with van der Waals surface area (Å²) < 4.78 is 49.7. The number of pyridine rings is 1. The van der Waals surface area contributed by atoms with Crippen molar-refractivity contribution in [3.05, 3.63) is 23.4 Å². The molecular formula is C19H25F3N2O3. The Morgan fingerprint density at radius 3 is 2.56 bits per heavy atom. The molecule has 0 radical (unpaired) electrons. The number of hydrogen-bond acceptors (Lipinski definition) is 4. The molecule has 150 valence electrons. The third kappa shape index (κ3) is 4.84. The number of carbonyl (C=O) groups excluding carboxylic acids is 1. The van der Waals surface area contributed by atoms with Gasteiger partial charge in [0.15, 0.2) is 0 Å². The molecule has 2 aliphatic rings. The molecule has 2 fully saturated rings. The fraction of sp³-hybridized carbons (Fsp3) is 0.684. The van der Waals surface area contributed by atoms with Crippen LogP contribution in [-0.4, -0.2) is 40.8 Å². The summed E-state index contributed by atoms with van der Waals surface area (Å²) in [5.74, 6) is 1.22. The maximum atomic E-state index is 12.8. The van der Waals surface area contributed by atoms with Gasteiger partial charge in [-0.3, -0.25) is 0 Å². The third-order valence-electron chi connectivity index (χ3n) is 4.96. The lowest BCUT2D eigenvalue weighted by molar-refractivity contribution is -0.138. The van der Waals surface area contributed by atoms with E-state index in [-0.39, 0.29) is 30.2 Å². The highest BCUT2D eigenvalue weighted by atomic mass is 19.4. The number of ether oxygens (including phenoxy) is 2. The van der Waals surface area contributed by atoms with Gasteiger partial charge in [-0.25, -0.2) is 9.78 Å². The van der Waals surface area contributed by atoms with Crippen molar-refractivity contribution in [3.8, 4) is 5.88 Å². The molecule has 1 saturated carbocycles. The van der Waals surface area contributed by atoms with Crippen molar-refractivity contribution >= 4 is 6.09 Å². The van der Waals surface area contributed by atoms with Gasteiger partial charge in [0.2, 0.25) is 5.88 Å². The molecule has 0 N–H and O–H groups in total. The van der Waals surface area contributed by atoms with Crippen LogP contribution in [0, 0.1) is 18.8 Å². The van der Waals surface area contributed by atoms with E-state index >= 15 is 0 Å². The van der Waals surface area contributed by atoms with Crippen LogP contribution < -0.4 is 4.74 Å². The van der Waals surface area contributed by atoms with Crippen LogP contribution in [0.3, 0.4) is 0 Å². The summed E-state index contributed by atoms with van der Waals surface area (Å²) >= 11 is 0. The SMILES string of the molecule is Cc1cc(OC[C@@H]2C[C@@H]3C[C@@H]3CN2C(=O)OC(C)(C)C)ncc1C(F)(F)F. The highest BCUT2D eigenvalue weighted by molar-refractivity contribution is 5.69. The second-order valence-electron chi connectivity index (χ2n) is 8.42. The number of likely N-dealkylation sites (tertiary alicyclic amines) is 1. The zero-order valence-corrected chi connectivity index (χ0v) is 16.0. The van der Waals surface area contributed by atoms with E-state index in [9.17, 15) is 18.0 Å². The van der Waals surface area contributed by atoms with E-state index in [2.05, 4.69) is 4.98 Å². The summed E-state index contributed by atoms with van der Waals surface area (Å²) in [4.78, 5) is 18.0. The zero-order valence-electron chi connectivity index (χ0n) is 16.0. The molecule has 3 atom stereocenters. The molecule has 1 aromatic rings. The lowest BCUT2D eigenvalue weighted by atomic mass is 10.0. The van der Waals surface area contributed by atoms with Crippen molar-refractivity contribution in [2.45, 2.75) is 58.4 Å². The van der Waals surface area contributed by atoms with Gasteiger partial charge >= 0.3 is 12.3 Å². The lowest BCUT2D eigenvalue weighted by Crippen LogP contribution is -2.49. The Hall–Kier alpha value is -1.99. The molecule has 1 aliphatic carbocycles. The van der Waals surface area contributed by atoms with E-state index < -0.39 is 17.3 Å². The van der Waals surface area contributed by atoms with Crippen LogP contribution in [0.2, 0.25) is 0 Å². The van der Waals surface area contributed by atoms with Gasteiger partial charge < -0.3 is 14.4 Å². The second kappa shape index (κ2) is 6.87. The average Bonchev–Trinajstić information content (AvgIpc) is 3.27. The van der Waals surface area contributed by atoms with Crippen molar-refractivity contribution in [2.75, 3.05) is 13.2 Å². The number of rotatable bonds is 3. The van der Waals surface area contributed by atoms with Crippen molar-refractivity contribution < 1.29 is 27.4 Å². The molecule has 1 aromatic heterocycles. The molecular weight excluding hydrogens is 361 g/mol. The van der Waals surface area contributed by atoms with Crippen LogP contribution in [-0.2, 0) is 10.9 Å². The van der Waals surface area contributed by atoms with E-state index in [4.69, 9.17) is 9.47 Å². The first-order valence-electron chi connectivity index (χ1n) is 9.10. The van der Waals surface area contributed by atoms with Crippen LogP contribution >= 0.6 is 0 Å². The number of fused-ring (bicyclic) bond motifs is 1. The Morgan fingerprint density at radius 2 is 1.96 bits per heavy atom. The predicted molar refractivity (Wildman–Crippen MR) is 92.4 cm³/mol. The molecule has 1 aliphatic heterocycles. The first-order valence-corrected chi connectivity index (χ1v) is 9.10. The topological polar surface area (TPSA) is 51.7 Å². The molecule has 2 heterocycles. The summed E-state index contributed by atoms with van der Waals surface area (Å²) in [6, 6.07) is 1.11. The van der Waals surface area contributed by atoms with E-state index in [0.717, 1.165) is 19.0 Å². The Labute approximate surface area is 156 Å². The van der Waals surface area contributed by atoms with Gasteiger partial charge in [0.05, 0.1) is 11.6 Å². The number of alkyl halides is 3. The van der Waals surface area contributed by atoms with E-state index in [1.165, 1.54) is 13.0 Å². The summed E-state index contributed by atoms with van der Waals surface area (Å²) in [7, 11) is 0. The highest BCUT2D eigenvalue weighted by Gasteiger charge is 2.48. The number of amides is 1. The van der Waals surface area contributed by atoms with E-state index in [0.29, 0.717) is 18.4 Å². The molecule has 0 bridgehead atoms. The van der Waals surface area contributed by atoms with Crippen LogP contribution in [0.1, 0.15) is 44.7 Å². The van der Waals surface area contributed by atoms with Crippen molar-refractivity contribution in [3.63, 3.8) is 0 Å². The van der Waals surface area contributed by atoms with Gasteiger partial charge in [-0.15, -0.1) is 0 Å². The van der Waals surface area contributed by atoms with Gasteiger partial charge in [-0.1, -0.05) is 0 Å². The first-order chi connectivity index (χ1) is 12.4. The van der Waals surface area contributed by atoms with Gasteiger partial charge in [-0.05, 0) is 57.9 Å². The summed E-state index contributed by atoms with van der Waals surface area (Å²) in [6.45, 7) is 7.63. The quantitative estimate of drug-likeness (QED) is 0.771. The van der Waals surface area contributed by atoms with Crippen LogP contribution in [0.5, 0.6) is 5.88 Å². The number of aryl methyl sites for hydroxylation is 1. The third-order valence-corrected chi connectivity index (χ3v) is 4.96. The molecule has 0 unspecified atom stereocenters. The maximum Gasteiger partial charge on any atom is 0.418 e. The fourth-order valence-electron chi connectivity index (χ4n) is 3.49. The van der Waals surface area contributed by atoms with E-state index in [1.807, 2.05) is 20.8 Å². The molecule has 27 heavy (non-hydrogen) atoms. The predicted octanol–water partition coefficient (Wildman–Crippen LogP) is 4.43. The lowest BCUT2D eigenvalue weighted by Gasteiger charge is -2.36. The summed E-state index contributed by atoms with van der Waals surface area (Å²) in [6.07, 6.45) is -2.13. The molecule has 1 amide bonds. The molecule has 8 heteroatoms. The average molecular weight is 386 g/mol. The minimum Gasteiger partial charge on any atom is -0.475 e. The summed E-state index contributed by atoms with van der Waals surface area (Å²) in [5.41, 5.74) is -1.30. The zero-order chi connectivity index (χ0) is 20.0. The first kappa shape index (κ1) is 19.8. The van der Waals surface area contributed by atoms with Crippen LogP contribution in [0.15, 0.2) is 12.3 Å². The minimum absolute atomic E-state index is 0.0578. The molecule has 5 nitrogen and oxygen atoms in total. The van der Waals surface area contributed by atoms with Gasteiger partial charge in [-0.2, -0.15) is 13.2 Å². The minimum atomic E-state index is -4.44. The number of hydrogen-bond donors (Lipinski definition) is 0. The van der Waals surface area contributed by atoms with Crippen LogP contribution in [0.25, 0.3) is 0 Å². The van der Waals surface area contributed by atoms with Crippen LogP contribution in [0.4, 0.5) is 18.0 Å². The molecule has 3 rings (SSSR count). The number of aromatic nitrogens is 1. The van der Waals surface area contributed by atoms with Gasteiger partial charge in [0, 0.05) is 18.8 Å². The van der Waals surface area contributed by atoms with Crippen molar-refractivity contribution in [1.29, 1.82) is 0 Å². The number of piperidine rings is 1. The standard InChI is InChI=1S/C19H25F3N2O3/c1-11-5-16(23-8-15(11)19(20,21)22)26-10-14-7-12-6-13(12)9-24(14)17(25)27-18(2,3)4/h5,8,12-14H,6-7,9-10H2,1-4H3/t12-,13+,14-/m0/s1. The monoisotopic (exact) mass is 386 g/mol. The number of carbonyl (C=O) groups is 1. The molecule has 0 spiro atoms. The van der Waals surface area contributed by atoms with Gasteiger partial charge in [0.25, 0.3) is 0 Å². The molecule has 0 aromatic carbocycles. The molecule has 1 saturated heterocycles. The van der Waals surface area contributed by atoms with Crippen molar-refractivity contribution in [1.82, 2.24) is 9.88 Å². The Morgan fingerprint density at radius 1 is 1.26 bits per heavy atom. The Kier molecular flexibility index (Phi) is 5.03.